The molecule has 1 heterocycles. The number of piperazine rings is 1. The van der Waals surface area contributed by atoms with Crippen molar-refractivity contribution in [3.05, 3.63) is 29.8 Å². The normalized spacial score (nSPS) is 20.7. The number of nitrogens with zero attached hydrogens (tertiary/aromatic N) is 3. The number of nitriles is 1. The van der Waals surface area contributed by atoms with Crippen LogP contribution >= 0.6 is 0 Å². The van der Waals surface area contributed by atoms with Gasteiger partial charge in [0.1, 0.15) is 0 Å². The molecule has 0 unspecified atom stereocenters. The lowest BCUT2D eigenvalue weighted by molar-refractivity contribution is 0.187. The van der Waals surface area contributed by atoms with Gasteiger partial charge in [0, 0.05) is 32.6 Å². The minimum absolute atomic E-state index is 0.412. The average molecular weight is 376 g/mol. The van der Waals surface area contributed by atoms with Gasteiger partial charge >= 0.3 is 0 Å². The van der Waals surface area contributed by atoms with E-state index in [2.05, 4.69) is 11.0 Å². The van der Waals surface area contributed by atoms with Crippen molar-refractivity contribution in [2.75, 3.05) is 32.7 Å². The fourth-order valence-corrected chi connectivity index (χ4v) is 5.49. The largest absolute Gasteiger partial charge is 0.301 e. The zero-order valence-corrected chi connectivity index (χ0v) is 16.3. The van der Waals surface area contributed by atoms with Crippen LogP contribution in [0.15, 0.2) is 29.2 Å². The predicted molar refractivity (Wildman–Crippen MR) is 102 cm³/mol. The van der Waals surface area contributed by atoms with Gasteiger partial charge in [-0.05, 0) is 49.4 Å². The summed E-state index contributed by atoms with van der Waals surface area (Å²) in [5.41, 5.74) is 1.28. The second-order valence-corrected chi connectivity index (χ2v) is 9.35. The molecule has 1 aliphatic carbocycles. The van der Waals surface area contributed by atoms with Crippen LogP contribution in [0.1, 0.15) is 56.4 Å². The Morgan fingerprint density at radius 1 is 1.00 bits per heavy atom. The molecule has 0 radical (unpaired) electrons. The van der Waals surface area contributed by atoms with Crippen LogP contribution in [0.4, 0.5) is 0 Å². The summed E-state index contributed by atoms with van der Waals surface area (Å²) in [5, 5.41) is 8.62. The second kappa shape index (κ2) is 8.98. The molecule has 6 heteroatoms. The third-order valence-electron chi connectivity index (χ3n) is 5.69. The first-order valence-corrected chi connectivity index (χ1v) is 11.2. The van der Waals surface area contributed by atoms with Gasteiger partial charge in [0.15, 0.2) is 0 Å². The molecule has 0 amide bonds. The third-order valence-corrected chi connectivity index (χ3v) is 7.60. The molecular weight excluding hydrogens is 346 g/mol. The van der Waals surface area contributed by atoms with E-state index in [1.54, 1.807) is 16.4 Å². The van der Waals surface area contributed by atoms with E-state index in [0.717, 1.165) is 26.1 Å². The molecule has 3 rings (SSSR count). The number of hydrogen-bond donors (Lipinski definition) is 0. The SMILES string of the molecule is N#CCCCN1CCN(S(=O)(=O)c2ccc(C3CCCCC3)cc2)CC1. The van der Waals surface area contributed by atoms with E-state index in [-0.39, 0.29) is 0 Å². The molecule has 2 fully saturated rings. The monoisotopic (exact) mass is 375 g/mol. The molecule has 0 aromatic heterocycles. The number of benzene rings is 1. The molecule has 0 spiro atoms. The second-order valence-electron chi connectivity index (χ2n) is 7.41. The molecule has 1 aromatic carbocycles. The lowest BCUT2D eigenvalue weighted by atomic mass is 9.84. The topological polar surface area (TPSA) is 64.4 Å². The Hall–Kier alpha value is -1.42. The van der Waals surface area contributed by atoms with E-state index >= 15 is 0 Å². The summed E-state index contributed by atoms with van der Waals surface area (Å²) in [6.07, 6.45) is 7.75. The van der Waals surface area contributed by atoms with Crippen molar-refractivity contribution in [2.45, 2.75) is 55.8 Å². The molecule has 0 atom stereocenters. The number of sulfonamides is 1. The van der Waals surface area contributed by atoms with Crippen molar-refractivity contribution < 1.29 is 8.42 Å². The number of rotatable bonds is 6. The summed E-state index contributed by atoms with van der Waals surface area (Å²) in [4.78, 5) is 2.66. The molecule has 1 aromatic rings. The Kier molecular flexibility index (Phi) is 6.68. The maximum atomic E-state index is 12.9. The van der Waals surface area contributed by atoms with E-state index in [4.69, 9.17) is 5.26 Å². The van der Waals surface area contributed by atoms with E-state index in [9.17, 15) is 8.42 Å². The number of unbranched alkanes of at least 4 members (excludes halogenated alkanes) is 1. The van der Waals surface area contributed by atoms with Gasteiger partial charge in [-0.15, -0.1) is 0 Å². The lowest BCUT2D eigenvalue weighted by Crippen LogP contribution is -2.48. The molecule has 1 saturated heterocycles. The van der Waals surface area contributed by atoms with Gasteiger partial charge in [0.25, 0.3) is 0 Å². The van der Waals surface area contributed by atoms with Crippen molar-refractivity contribution >= 4 is 10.0 Å². The highest BCUT2D eigenvalue weighted by Crippen LogP contribution is 2.33. The van der Waals surface area contributed by atoms with E-state index in [1.165, 1.54) is 37.7 Å². The van der Waals surface area contributed by atoms with Crippen LogP contribution in [0.5, 0.6) is 0 Å². The molecule has 2 aliphatic rings. The van der Waals surface area contributed by atoms with Gasteiger partial charge < -0.3 is 4.90 Å². The van der Waals surface area contributed by atoms with Gasteiger partial charge in [-0.3, -0.25) is 0 Å². The van der Waals surface area contributed by atoms with E-state index in [0.29, 0.717) is 30.3 Å². The van der Waals surface area contributed by atoms with Gasteiger partial charge in [0.05, 0.1) is 11.0 Å². The summed E-state index contributed by atoms with van der Waals surface area (Å²) in [5.74, 6) is 0.595. The van der Waals surface area contributed by atoms with Gasteiger partial charge in [0.2, 0.25) is 10.0 Å². The van der Waals surface area contributed by atoms with Crippen LogP contribution in [0.3, 0.4) is 0 Å². The Balaban J connectivity index is 1.59. The molecule has 142 valence electrons. The Morgan fingerprint density at radius 2 is 1.65 bits per heavy atom. The predicted octanol–water partition coefficient (Wildman–Crippen LogP) is 3.34. The molecule has 0 bridgehead atoms. The van der Waals surface area contributed by atoms with Crippen molar-refractivity contribution in [3.8, 4) is 6.07 Å². The van der Waals surface area contributed by atoms with Crippen molar-refractivity contribution in [1.82, 2.24) is 9.21 Å². The van der Waals surface area contributed by atoms with Crippen molar-refractivity contribution in [2.24, 2.45) is 0 Å². The smallest absolute Gasteiger partial charge is 0.243 e. The first-order chi connectivity index (χ1) is 12.6. The van der Waals surface area contributed by atoms with Gasteiger partial charge in [-0.1, -0.05) is 31.4 Å². The molecule has 1 saturated carbocycles. The van der Waals surface area contributed by atoms with Crippen LogP contribution in [-0.4, -0.2) is 50.3 Å². The first kappa shape index (κ1) is 19.3. The van der Waals surface area contributed by atoms with Crippen molar-refractivity contribution in [1.29, 1.82) is 5.26 Å². The molecule has 1 aliphatic heterocycles. The van der Waals surface area contributed by atoms with E-state index in [1.807, 2.05) is 12.1 Å². The lowest BCUT2D eigenvalue weighted by Gasteiger charge is -2.33. The standard InChI is InChI=1S/C20H29N3O2S/c21-12-4-5-13-22-14-16-23(17-15-22)26(24,25)20-10-8-19(9-11-20)18-6-2-1-3-7-18/h8-11,18H,1-7,13-17H2. The summed E-state index contributed by atoms with van der Waals surface area (Å²) in [6.45, 7) is 3.41. The fraction of sp³-hybridized carbons (Fsp3) is 0.650. The Bertz CT molecular complexity index is 710. The first-order valence-electron chi connectivity index (χ1n) is 9.80. The molecule has 26 heavy (non-hydrogen) atoms. The highest BCUT2D eigenvalue weighted by molar-refractivity contribution is 7.89. The van der Waals surface area contributed by atoms with Gasteiger partial charge in [-0.2, -0.15) is 9.57 Å². The minimum Gasteiger partial charge on any atom is -0.301 e. The zero-order chi connectivity index (χ0) is 18.4. The zero-order valence-electron chi connectivity index (χ0n) is 15.4. The van der Waals surface area contributed by atoms with Crippen molar-refractivity contribution in [3.63, 3.8) is 0 Å². The van der Waals surface area contributed by atoms with Crippen LogP contribution in [0.25, 0.3) is 0 Å². The highest BCUT2D eigenvalue weighted by Gasteiger charge is 2.28. The summed E-state index contributed by atoms with van der Waals surface area (Å²) < 4.78 is 27.4. The summed E-state index contributed by atoms with van der Waals surface area (Å²) >= 11 is 0. The van der Waals surface area contributed by atoms with Crippen LogP contribution in [-0.2, 0) is 10.0 Å². The minimum atomic E-state index is -3.40. The van der Waals surface area contributed by atoms with Crippen LogP contribution in [0, 0.1) is 11.3 Å². The highest BCUT2D eigenvalue weighted by atomic mass is 32.2. The summed E-state index contributed by atoms with van der Waals surface area (Å²) in [6, 6.07) is 9.77. The Morgan fingerprint density at radius 3 is 2.27 bits per heavy atom. The van der Waals surface area contributed by atoms with Crippen LogP contribution in [0.2, 0.25) is 0 Å². The number of hydrogen-bond acceptors (Lipinski definition) is 4. The molecular formula is C20H29N3O2S. The van der Waals surface area contributed by atoms with Gasteiger partial charge in [-0.25, -0.2) is 8.42 Å². The summed E-state index contributed by atoms with van der Waals surface area (Å²) in [7, 11) is -3.40. The quantitative estimate of drug-likeness (QED) is 0.715. The fourth-order valence-electron chi connectivity index (χ4n) is 4.07. The molecule has 5 nitrogen and oxygen atoms in total. The Labute approximate surface area is 157 Å². The van der Waals surface area contributed by atoms with E-state index < -0.39 is 10.0 Å². The maximum absolute atomic E-state index is 12.9. The molecule has 0 N–H and O–H groups in total. The maximum Gasteiger partial charge on any atom is 0.243 e. The third kappa shape index (κ3) is 4.64. The average Bonchev–Trinajstić information content (AvgIpc) is 2.69. The van der Waals surface area contributed by atoms with Crippen LogP contribution < -0.4 is 0 Å².